The number of nitrogens with zero attached hydrogens (tertiary/aromatic N) is 1. The molecule has 0 heterocycles. The molecular weight excluding hydrogens is 383 g/mol. The van der Waals surface area contributed by atoms with Gasteiger partial charge >= 0.3 is 12.1 Å². The summed E-state index contributed by atoms with van der Waals surface area (Å²) in [7, 11) is 0. The average Bonchev–Trinajstić information content (AvgIpc) is 2.68. The largest absolute Gasteiger partial charge is 0.471 e. The maximum atomic E-state index is 12.2. The van der Waals surface area contributed by atoms with E-state index in [9.17, 15) is 22.8 Å². The van der Waals surface area contributed by atoms with Gasteiger partial charge in [-0.3, -0.25) is 9.59 Å². The van der Waals surface area contributed by atoms with Crippen LogP contribution in [0.4, 0.5) is 18.9 Å². The summed E-state index contributed by atoms with van der Waals surface area (Å²) in [6.07, 6.45) is 4.71. The van der Waals surface area contributed by atoms with Gasteiger partial charge in [0.25, 0.3) is 0 Å². The first-order chi connectivity index (χ1) is 13.7. The first kappa shape index (κ1) is 24.7. The van der Waals surface area contributed by atoms with E-state index in [1.807, 2.05) is 0 Å². The third kappa shape index (κ3) is 10.7. The number of carbonyl (C=O) groups is 2. The van der Waals surface area contributed by atoms with Gasteiger partial charge in [0.05, 0.1) is 5.71 Å². The van der Waals surface area contributed by atoms with E-state index < -0.39 is 12.1 Å². The summed E-state index contributed by atoms with van der Waals surface area (Å²) < 4.78 is 36.7. The van der Waals surface area contributed by atoms with Gasteiger partial charge in [0.15, 0.2) is 0 Å². The van der Waals surface area contributed by atoms with Crippen LogP contribution in [-0.4, -0.2) is 23.7 Å². The van der Waals surface area contributed by atoms with E-state index in [1.165, 1.54) is 56.4 Å². The number of hydrogen-bond acceptors (Lipinski definition) is 3. The molecule has 0 aliphatic heterocycles. The first-order valence-electron chi connectivity index (χ1n) is 10.1. The predicted octanol–water partition coefficient (Wildman–Crippen LogP) is 5.56. The van der Waals surface area contributed by atoms with E-state index in [0.29, 0.717) is 17.7 Å². The van der Waals surface area contributed by atoms with Crippen molar-refractivity contribution >= 4 is 23.2 Å². The Morgan fingerprint density at radius 2 is 1.48 bits per heavy atom. The van der Waals surface area contributed by atoms with Gasteiger partial charge in [-0.1, -0.05) is 64.0 Å². The quantitative estimate of drug-likeness (QED) is 0.268. The summed E-state index contributed by atoms with van der Waals surface area (Å²) in [5, 5.41) is 5.79. The number of hydrogen-bond donors (Lipinski definition) is 2. The predicted molar refractivity (Wildman–Crippen MR) is 109 cm³/mol. The number of benzene rings is 1. The lowest BCUT2D eigenvalue weighted by Crippen LogP contribution is -2.29. The second-order valence-electron chi connectivity index (χ2n) is 6.99. The van der Waals surface area contributed by atoms with Crippen LogP contribution in [0.2, 0.25) is 0 Å². The lowest BCUT2D eigenvalue weighted by atomic mass is 10.1. The fourth-order valence-corrected chi connectivity index (χ4v) is 2.68. The number of halogens is 3. The minimum atomic E-state index is -4.94. The molecule has 0 atom stereocenters. The van der Waals surface area contributed by atoms with Crippen molar-refractivity contribution in [1.29, 1.82) is 0 Å². The van der Waals surface area contributed by atoms with Gasteiger partial charge in [-0.15, -0.1) is 0 Å². The smallest absolute Gasteiger partial charge is 0.318 e. The highest BCUT2D eigenvalue weighted by Crippen LogP contribution is 2.18. The standard InChI is InChI=1S/C21H30F3N3O2/c1-3-4-5-6-7-8-9-10-11-19(28)27-26-16(2)17-12-14-18(15-13-17)25-20(29)21(22,23)24/h12-15H,3-11H2,1-2H3,(H,25,29)(H,27,28)/b26-16-. The van der Waals surface area contributed by atoms with E-state index in [0.717, 1.165) is 19.3 Å². The molecular formula is C21H30F3N3O2. The van der Waals surface area contributed by atoms with Crippen LogP contribution >= 0.6 is 0 Å². The van der Waals surface area contributed by atoms with Gasteiger partial charge in [0.2, 0.25) is 5.91 Å². The van der Waals surface area contributed by atoms with Crippen LogP contribution in [0.15, 0.2) is 29.4 Å². The van der Waals surface area contributed by atoms with Gasteiger partial charge in [-0.05, 0) is 31.0 Å². The Morgan fingerprint density at radius 1 is 0.931 bits per heavy atom. The highest BCUT2D eigenvalue weighted by atomic mass is 19.4. The van der Waals surface area contributed by atoms with Crippen LogP contribution in [0.25, 0.3) is 0 Å². The molecule has 1 aromatic carbocycles. The molecule has 0 aliphatic rings. The van der Waals surface area contributed by atoms with Gasteiger partial charge in [-0.25, -0.2) is 5.43 Å². The van der Waals surface area contributed by atoms with E-state index in [-0.39, 0.29) is 11.6 Å². The second kappa shape index (κ2) is 13.0. The van der Waals surface area contributed by atoms with E-state index >= 15 is 0 Å². The number of anilines is 1. The lowest BCUT2D eigenvalue weighted by molar-refractivity contribution is -0.167. The van der Waals surface area contributed by atoms with Crippen LogP contribution < -0.4 is 10.7 Å². The Hall–Kier alpha value is -2.38. The van der Waals surface area contributed by atoms with Crippen molar-refractivity contribution in [2.75, 3.05) is 5.32 Å². The summed E-state index contributed by atoms with van der Waals surface area (Å²) in [5.41, 5.74) is 3.67. The molecule has 0 saturated carbocycles. The van der Waals surface area contributed by atoms with Gasteiger partial charge in [0, 0.05) is 12.1 Å². The Bertz CT molecular complexity index is 671. The molecule has 5 nitrogen and oxygen atoms in total. The zero-order chi connectivity index (χ0) is 21.7. The molecule has 162 valence electrons. The lowest BCUT2D eigenvalue weighted by Gasteiger charge is -2.08. The Balaban J connectivity index is 2.33. The number of carbonyl (C=O) groups excluding carboxylic acids is 2. The fourth-order valence-electron chi connectivity index (χ4n) is 2.68. The summed E-state index contributed by atoms with van der Waals surface area (Å²) in [4.78, 5) is 22.8. The average molecular weight is 413 g/mol. The molecule has 0 aliphatic carbocycles. The monoisotopic (exact) mass is 413 g/mol. The SMILES string of the molecule is CCCCCCCCCCC(=O)N/N=C(/C)c1ccc(NC(=O)C(F)(F)F)cc1. The Morgan fingerprint density at radius 3 is 2.03 bits per heavy atom. The topological polar surface area (TPSA) is 70.6 Å². The number of rotatable bonds is 12. The number of unbranched alkanes of at least 4 members (excludes halogenated alkanes) is 7. The third-order valence-electron chi connectivity index (χ3n) is 4.42. The minimum absolute atomic E-state index is 0.0302. The van der Waals surface area contributed by atoms with Crippen molar-refractivity contribution in [3.8, 4) is 0 Å². The van der Waals surface area contributed by atoms with Gasteiger partial charge < -0.3 is 5.32 Å². The van der Waals surface area contributed by atoms with Crippen molar-refractivity contribution in [2.24, 2.45) is 5.10 Å². The number of hydrazone groups is 1. The summed E-state index contributed by atoms with van der Waals surface area (Å²) in [6.45, 7) is 3.87. The molecule has 2 amide bonds. The normalized spacial score (nSPS) is 12.0. The zero-order valence-electron chi connectivity index (χ0n) is 17.1. The third-order valence-corrected chi connectivity index (χ3v) is 4.42. The van der Waals surface area contributed by atoms with Crippen LogP contribution in [0.5, 0.6) is 0 Å². The van der Waals surface area contributed by atoms with Crippen molar-refractivity contribution in [3.63, 3.8) is 0 Å². The summed E-state index contributed by atoms with van der Waals surface area (Å²) in [5.74, 6) is -2.19. The van der Waals surface area contributed by atoms with Crippen molar-refractivity contribution < 1.29 is 22.8 Å². The molecule has 29 heavy (non-hydrogen) atoms. The van der Waals surface area contributed by atoms with Crippen molar-refractivity contribution in [3.05, 3.63) is 29.8 Å². The fraction of sp³-hybridized carbons (Fsp3) is 0.571. The molecule has 0 radical (unpaired) electrons. The highest BCUT2D eigenvalue weighted by molar-refractivity contribution is 6.00. The molecule has 1 aromatic rings. The van der Waals surface area contributed by atoms with Crippen molar-refractivity contribution in [2.45, 2.75) is 77.8 Å². The number of amides is 2. The molecule has 2 N–H and O–H groups in total. The highest BCUT2D eigenvalue weighted by Gasteiger charge is 2.38. The molecule has 1 rings (SSSR count). The maximum Gasteiger partial charge on any atom is 0.471 e. The van der Waals surface area contributed by atoms with Crippen LogP contribution in [0.1, 0.15) is 77.2 Å². The van der Waals surface area contributed by atoms with E-state index in [2.05, 4.69) is 17.5 Å². The Kier molecular flexibility index (Phi) is 11.0. The molecule has 0 bridgehead atoms. The summed E-state index contributed by atoms with van der Waals surface area (Å²) in [6, 6.07) is 5.74. The molecule has 0 spiro atoms. The van der Waals surface area contributed by atoms with Crippen LogP contribution in [0, 0.1) is 0 Å². The molecule has 0 saturated heterocycles. The molecule has 8 heteroatoms. The molecule has 0 unspecified atom stereocenters. The Labute approximate surface area is 170 Å². The minimum Gasteiger partial charge on any atom is -0.318 e. The van der Waals surface area contributed by atoms with E-state index in [1.54, 1.807) is 12.2 Å². The molecule has 0 aromatic heterocycles. The maximum absolute atomic E-state index is 12.2. The second-order valence-corrected chi connectivity index (χ2v) is 6.99. The van der Waals surface area contributed by atoms with Gasteiger partial charge in [-0.2, -0.15) is 18.3 Å². The van der Waals surface area contributed by atoms with Crippen LogP contribution in [0.3, 0.4) is 0 Å². The van der Waals surface area contributed by atoms with Crippen molar-refractivity contribution in [1.82, 2.24) is 5.43 Å². The number of nitrogens with one attached hydrogen (secondary N) is 2. The van der Waals surface area contributed by atoms with E-state index in [4.69, 9.17) is 0 Å². The summed E-state index contributed by atoms with van der Waals surface area (Å²) >= 11 is 0. The number of alkyl halides is 3. The first-order valence-corrected chi connectivity index (χ1v) is 10.1. The zero-order valence-corrected chi connectivity index (χ0v) is 17.1. The van der Waals surface area contributed by atoms with Gasteiger partial charge in [0.1, 0.15) is 0 Å². The van der Waals surface area contributed by atoms with Crippen LogP contribution in [-0.2, 0) is 9.59 Å². The molecule has 0 fully saturated rings.